The molecule has 0 saturated carbocycles. The van der Waals surface area contributed by atoms with Crippen molar-refractivity contribution in [1.29, 1.82) is 0 Å². The molecule has 3 aromatic rings. The molecule has 0 saturated heterocycles. The minimum absolute atomic E-state index is 0.0507. The summed E-state index contributed by atoms with van der Waals surface area (Å²) in [7, 11) is 0. The molecule has 0 aliphatic rings. The number of para-hydroxylation sites is 1. The molecule has 3 rings (SSSR count). The number of furan rings is 1. The molecule has 5 nitrogen and oxygen atoms in total. The average Bonchev–Trinajstić information content (AvgIpc) is 3.11. The zero-order valence-electron chi connectivity index (χ0n) is 15.6. The predicted octanol–water partition coefficient (Wildman–Crippen LogP) is 5.56. The van der Waals surface area contributed by atoms with Crippen LogP contribution in [0.4, 0.5) is 18.9 Å². The molecule has 0 amide bonds. The van der Waals surface area contributed by atoms with Crippen LogP contribution < -0.4 is 15.5 Å². The third kappa shape index (κ3) is 5.05. The van der Waals surface area contributed by atoms with Gasteiger partial charge in [-0.2, -0.15) is 18.3 Å². The van der Waals surface area contributed by atoms with E-state index < -0.39 is 11.7 Å². The lowest BCUT2D eigenvalue weighted by atomic mass is 10.2. The van der Waals surface area contributed by atoms with Crippen LogP contribution in [-0.4, -0.2) is 17.4 Å². The average molecular weight is 421 g/mol. The lowest BCUT2D eigenvalue weighted by Crippen LogP contribution is -2.25. The summed E-state index contributed by atoms with van der Waals surface area (Å²) in [5, 5.41) is 7.73. The molecule has 0 aliphatic carbocycles. The van der Waals surface area contributed by atoms with Gasteiger partial charge >= 0.3 is 6.18 Å². The van der Waals surface area contributed by atoms with E-state index in [1.165, 1.54) is 12.1 Å². The molecule has 9 heteroatoms. The predicted molar refractivity (Wildman–Crippen MR) is 110 cm³/mol. The lowest BCUT2D eigenvalue weighted by Gasteiger charge is -2.11. The number of nitrogens with zero attached hydrogens (tertiary/aromatic N) is 1. The van der Waals surface area contributed by atoms with Gasteiger partial charge in [0.05, 0.1) is 12.2 Å². The number of hydrazone groups is 1. The quantitative estimate of drug-likeness (QED) is 0.321. The lowest BCUT2D eigenvalue weighted by molar-refractivity contribution is -0.137. The smallest absolute Gasteiger partial charge is 0.416 e. The fraction of sp³-hybridized carbons (Fsp3) is 0.200. The first-order chi connectivity index (χ1) is 13.8. The number of benzene rings is 2. The van der Waals surface area contributed by atoms with Crippen LogP contribution in [0.2, 0.25) is 0 Å². The molecule has 0 radical (unpaired) electrons. The summed E-state index contributed by atoms with van der Waals surface area (Å²) in [6.07, 6.45) is -4.43. The van der Waals surface area contributed by atoms with Crippen molar-refractivity contribution in [2.24, 2.45) is 5.10 Å². The molecule has 0 fully saturated rings. The molecule has 0 bridgehead atoms. The fourth-order valence-electron chi connectivity index (χ4n) is 2.61. The Kier molecular flexibility index (Phi) is 6.07. The van der Waals surface area contributed by atoms with Gasteiger partial charge in [-0.05, 0) is 56.4 Å². The van der Waals surface area contributed by atoms with E-state index in [0.29, 0.717) is 29.4 Å². The van der Waals surface area contributed by atoms with E-state index in [-0.39, 0.29) is 10.8 Å². The molecule has 1 aromatic heterocycles. The number of alkyl halides is 3. The zero-order chi connectivity index (χ0) is 21.0. The van der Waals surface area contributed by atoms with Crippen molar-refractivity contribution in [3.8, 4) is 5.75 Å². The normalized spacial score (nSPS) is 12.1. The van der Waals surface area contributed by atoms with E-state index in [4.69, 9.17) is 21.4 Å². The summed E-state index contributed by atoms with van der Waals surface area (Å²) in [6.45, 7) is 4.12. The highest BCUT2D eigenvalue weighted by molar-refractivity contribution is 7.80. The van der Waals surface area contributed by atoms with Gasteiger partial charge in [0.15, 0.2) is 22.2 Å². The third-order valence-electron chi connectivity index (χ3n) is 3.94. The Labute approximate surface area is 170 Å². The first kappa shape index (κ1) is 20.7. The molecule has 0 aliphatic heterocycles. The number of anilines is 1. The van der Waals surface area contributed by atoms with Crippen LogP contribution in [0.3, 0.4) is 0 Å². The molecular formula is C20H18F3N3O2S. The number of ether oxygens (including phenoxy) is 1. The fourth-order valence-corrected chi connectivity index (χ4v) is 2.77. The summed E-state index contributed by atoms with van der Waals surface area (Å²) in [4.78, 5) is 0. The van der Waals surface area contributed by atoms with Crippen molar-refractivity contribution in [1.82, 2.24) is 5.43 Å². The van der Waals surface area contributed by atoms with Crippen LogP contribution in [-0.2, 0) is 6.18 Å². The molecular weight excluding hydrogens is 403 g/mol. The van der Waals surface area contributed by atoms with E-state index >= 15 is 0 Å². The summed E-state index contributed by atoms with van der Waals surface area (Å²) in [5.74, 6) is 1.15. The van der Waals surface area contributed by atoms with Crippen molar-refractivity contribution in [3.05, 3.63) is 59.9 Å². The Balaban J connectivity index is 1.70. The summed E-state index contributed by atoms with van der Waals surface area (Å²) in [5.41, 5.74) is 3.17. The Bertz CT molecular complexity index is 1060. The van der Waals surface area contributed by atoms with Crippen molar-refractivity contribution < 1.29 is 22.3 Å². The van der Waals surface area contributed by atoms with Crippen LogP contribution in [0, 0.1) is 0 Å². The number of halogens is 3. The van der Waals surface area contributed by atoms with E-state index in [1.54, 1.807) is 6.92 Å². The SMILES string of the molecule is CCOc1cccc2cc(/C(C)=N\NC(=S)Nc3cccc(C(F)(F)F)c3)oc12. The van der Waals surface area contributed by atoms with Crippen molar-refractivity contribution >= 4 is 39.7 Å². The van der Waals surface area contributed by atoms with Gasteiger partial charge in [0.25, 0.3) is 0 Å². The maximum Gasteiger partial charge on any atom is 0.416 e. The van der Waals surface area contributed by atoms with Crippen LogP contribution >= 0.6 is 12.2 Å². The summed E-state index contributed by atoms with van der Waals surface area (Å²) >= 11 is 5.10. The van der Waals surface area contributed by atoms with Crippen molar-refractivity contribution in [2.75, 3.05) is 11.9 Å². The maximum atomic E-state index is 12.8. The van der Waals surface area contributed by atoms with Crippen LogP contribution in [0.5, 0.6) is 5.75 Å². The van der Waals surface area contributed by atoms with E-state index in [2.05, 4.69) is 15.8 Å². The van der Waals surface area contributed by atoms with Gasteiger partial charge in [-0.1, -0.05) is 18.2 Å². The van der Waals surface area contributed by atoms with Crippen molar-refractivity contribution in [2.45, 2.75) is 20.0 Å². The highest BCUT2D eigenvalue weighted by Gasteiger charge is 2.30. The third-order valence-corrected chi connectivity index (χ3v) is 4.13. The summed E-state index contributed by atoms with van der Waals surface area (Å²) in [6, 6.07) is 12.1. The number of rotatable bonds is 5. The topological polar surface area (TPSA) is 58.8 Å². The Morgan fingerprint density at radius 2 is 1.93 bits per heavy atom. The first-order valence-corrected chi connectivity index (χ1v) is 9.13. The highest BCUT2D eigenvalue weighted by atomic mass is 32.1. The minimum atomic E-state index is -4.43. The molecule has 152 valence electrons. The van der Waals surface area contributed by atoms with E-state index in [9.17, 15) is 13.2 Å². The van der Waals surface area contributed by atoms with Gasteiger partial charge in [0, 0.05) is 11.1 Å². The molecule has 1 heterocycles. The van der Waals surface area contributed by atoms with Crippen LogP contribution in [0.25, 0.3) is 11.0 Å². The second-order valence-electron chi connectivity index (χ2n) is 6.06. The Morgan fingerprint density at radius 3 is 2.66 bits per heavy atom. The van der Waals surface area contributed by atoms with Gasteiger partial charge < -0.3 is 14.5 Å². The molecule has 2 N–H and O–H groups in total. The zero-order valence-corrected chi connectivity index (χ0v) is 16.4. The molecule has 2 aromatic carbocycles. The number of nitrogens with one attached hydrogen (secondary N) is 2. The van der Waals surface area contributed by atoms with Gasteiger partial charge in [-0.3, -0.25) is 5.43 Å². The minimum Gasteiger partial charge on any atom is -0.490 e. The number of fused-ring (bicyclic) bond motifs is 1. The molecule has 29 heavy (non-hydrogen) atoms. The number of hydrogen-bond acceptors (Lipinski definition) is 4. The molecule has 0 spiro atoms. The number of hydrogen-bond donors (Lipinski definition) is 2. The van der Waals surface area contributed by atoms with Gasteiger partial charge in [-0.15, -0.1) is 0 Å². The Morgan fingerprint density at radius 1 is 1.17 bits per heavy atom. The summed E-state index contributed by atoms with van der Waals surface area (Å²) < 4.78 is 49.8. The largest absolute Gasteiger partial charge is 0.490 e. The standard InChI is InChI=1S/C20H18F3N3O2S/c1-3-27-16-9-4-6-13-10-17(28-18(13)16)12(2)25-26-19(29)24-15-8-5-7-14(11-15)20(21,22)23/h4-11H,3H2,1-2H3,(H2,24,26,29)/b25-12-. The Hall–Kier alpha value is -3.07. The van der Waals surface area contributed by atoms with Crippen LogP contribution in [0.1, 0.15) is 25.2 Å². The second kappa shape index (κ2) is 8.52. The van der Waals surface area contributed by atoms with E-state index in [1.807, 2.05) is 31.2 Å². The highest BCUT2D eigenvalue weighted by Crippen LogP contribution is 2.31. The van der Waals surface area contributed by atoms with Gasteiger partial charge in [0.1, 0.15) is 5.71 Å². The number of thiocarbonyl (C=S) groups is 1. The maximum absolute atomic E-state index is 12.8. The van der Waals surface area contributed by atoms with Gasteiger partial charge in [-0.25, -0.2) is 0 Å². The second-order valence-corrected chi connectivity index (χ2v) is 6.47. The molecule has 0 unspecified atom stereocenters. The van der Waals surface area contributed by atoms with Crippen LogP contribution in [0.15, 0.2) is 58.0 Å². The van der Waals surface area contributed by atoms with E-state index in [0.717, 1.165) is 17.5 Å². The monoisotopic (exact) mass is 421 g/mol. The first-order valence-electron chi connectivity index (χ1n) is 8.72. The van der Waals surface area contributed by atoms with Crippen molar-refractivity contribution in [3.63, 3.8) is 0 Å². The molecule has 0 atom stereocenters. The van der Waals surface area contributed by atoms with Gasteiger partial charge in [0.2, 0.25) is 0 Å².